The largest absolute Gasteiger partial charge is 0.469 e. The van der Waals surface area contributed by atoms with Crippen LogP contribution in [-0.2, 0) is 9.53 Å². The van der Waals surface area contributed by atoms with Crippen molar-refractivity contribution in [3.8, 4) is 0 Å². The summed E-state index contributed by atoms with van der Waals surface area (Å²) in [6, 6.07) is 5.58. The van der Waals surface area contributed by atoms with Crippen LogP contribution >= 0.6 is 45.8 Å². The van der Waals surface area contributed by atoms with Gasteiger partial charge in [0.1, 0.15) is 15.0 Å². The molecule has 1 atom stereocenters. The summed E-state index contributed by atoms with van der Waals surface area (Å²) in [5, 5.41) is 10.2. The van der Waals surface area contributed by atoms with Crippen LogP contribution in [0.1, 0.15) is 60.4 Å². The van der Waals surface area contributed by atoms with E-state index in [-0.39, 0.29) is 11.9 Å². The van der Waals surface area contributed by atoms with E-state index >= 15 is 0 Å². The van der Waals surface area contributed by atoms with Gasteiger partial charge in [0.25, 0.3) is 0 Å². The molecule has 2 aliphatic carbocycles. The Balaban J connectivity index is 1.95. The Morgan fingerprint density at radius 3 is 2.69 bits per heavy atom. The van der Waals surface area contributed by atoms with Gasteiger partial charge in [-0.25, -0.2) is 10.1 Å². The molecule has 2 aliphatic rings. The number of benzene rings is 1. The Morgan fingerprint density at radius 1 is 1.38 bits per heavy atom. The molecule has 1 amide bonds. The minimum absolute atomic E-state index is 0.172. The van der Waals surface area contributed by atoms with Crippen molar-refractivity contribution < 1.29 is 19.6 Å². The van der Waals surface area contributed by atoms with E-state index in [9.17, 15) is 9.59 Å². The molecular weight excluding hydrogens is 526 g/mol. The zero-order chi connectivity index (χ0) is 21.2. The molecule has 5 nitrogen and oxygen atoms in total. The number of nitrogens with two attached hydrogens (primary N) is 1. The standard InChI is InChI=1S/C21H23Cl2IN2O3/c1-29-20(28)21(9-10-22)8-7-14(18(24)25)16(11-21)26-19(27)17-13(12-5-6-12)3-2-4-15(17)23/h2-4,12,25H,5-11H2,1H3,(H,26,27)/p+1. The molecule has 1 aromatic rings. The molecule has 0 aliphatic heterocycles. The number of allylic oxidation sites excluding steroid dienone is 2. The minimum Gasteiger partial charge on any atom is -0.469 e. The predicted octanol–water partition coefficient (Wildman–Crippen LogP) is 4.56. The molecule has 3 N–H and O–H groups in total. The summed E-state index contributed by atoms with van der Waals surface area (Å²) in [6.45, 7) is 0. The Bertz CT molecular complexity index is 883. The van der Waals surface area contributed by atoms with Crippen LogP contribution in [0, 0.1) is 10.8 Å². The van der Waals surface area contributed by atoms with Gasteiger partial charge in [0, 0.05) is 17.9 Å². The first kappa shape index (κ1) is 22.7. The number of carbonyl (C=O) groups is 2. The van der Waals surface area contributed by atoms with Crippen molar-refractivity contribution in [2.24, 2.45) is 5.41 Å². The molecule has 0 heterocycles. The average molecular weight is 550 g/mol. The van der Waals surface area contributed by atoms with Crippen molar-refractivity contribution >= 4 is 61.4 Å². The highest BCUT2D eigenvalue weighted by Crippen LogP contribution is 2.44. The lowest BCUT2D eigenvalue weighted by Crippen LogP contribution is -2.87. The Labute approximate surface area is 194 Å². The number of rotatable bonds is 7. The van der Waals surface area contributed by atoms with E-state index in [0.29, 0.717) is 57.5 Å². The van der Waals surface area contributed by atoms with E-state index in [4.69, 9.17) is 33.3 Å². The van der Waals surface area contributed by atoms with Crippen molar-refractivity contribution in [1.82, 2.24) is 0 Å². The van der Waals surface area contributed by atoms with Gasteiger partial charge in [-0.1, -0.05) is 23.7 Å². The quantitative estimate of drug-likeness (QED) is 0.226. The lowest BCUT2D eigenvalue weighted by molar-refractivity contribution is -0.508. The molecule has 1 fully saturated rings. The lowest BCUT2D eigenvalue weighted by Gasteiger charge is -2.34. The number of ether oxygens (including phenoxy) is 1. The number of amides is 1. The van der Waals surface area contributed by atoms with Crippen LogP contribution in [0.2, 0.25) is 5.02 Å². The van der Waals surface area contributed by atoms with Crippen LogP contribution in [0.4, 0.5) is 0 Å². The smallest absolute Gasteiger partial charge is 0.349 e. The monoisotopic (exact) mass is 549 g/mol. The van der Waals surface area contributed by atoms with Gasteiger partial charge in [0.15, 0.2) is 0 Å². The van der Waals surface area contributed by atoms with Crippen LogP contribution in [0.25, 0.3) is 0 Å². The van der Waals surface area contributed by atoms with E-state index in [0.717, 1.165) is 24.0 Å². The summed E-state index contributed by atoms with van der Waals surface area (Å²) in [6.07, 6.45) is 4.02. The third-order valence-corrected chi connectivity index (χ3v) is 7.00. The number of halogens is 3. The highest BCUT2D eigenvalue weighted by Gasteiger charge is 2.45. The van der Waals surface area contributed by atoms with E-state index in [2.05, 4.69) is 0 Å². The number of esters is 1. The number of alkyl halides is 1. The van der Waals surface area contributed by atoms with E-state index < -0.39 is 5.41 Å². The molecule has 1 aromatic carbocycles. The predicted molar refractivity (Wildman–Crippen MR) is 122 cm³/mol. The minimum atomic E-state index is -0.766. The Kier molecular flexibility index (Phi) is 7.41. The Morgan fingerprint density at radius 2 is 2.10 bits per heavy atom. The SMILES string of the molecule is COC(=O)C1(CCCl)CCC(C(=N)I)=C([NH2+]C(=O)c2c(Cl)cccc2C2CC2)C1. The first-order valence-electron chi connectivity index (χ1n) is 9.61. The highest BCUT2D eigenvalue weighted by atomic mass is 127. The third-order valence-electron chi connectivity index (χ3n) is 5.84. The van der Waals surface area contributed by atoms with Crippen molar-refractivity contribution in [3.63, 3.8) is 0 Å². The molecule has 0 bridgehead atoms. The summed E-state index contributed by atoms with van der Waals surface area (Å²) in [4.78, 5) is 25.9. The third kappa shape index (κ3) is 4.86. The highest BCUT2D eigenvalue weighted by molar-refractivity contribution is 14.1. The zero-order valence-corrected chi connectivity index (χ0v) is 19.9. The fraction of sp³-hybridized carbons (Fsp3) is 0.476. The molecule has 1 saturated carbocycles. The fourth-order valence-corrected chi connectivity index (χ4v) is 5.38. The van der Waals surface area contributed by atoms with Gasteiger partial charge in [0.2, 0.25) is 0 Å². The number of hydrogen-bond donors (Lipinski definition) is 2. The maximum Gasteiger partial charge on any atom is 0.349 e. The first-order chi connectivity index (χ1) is 13.8. The van der Waals surface area contributed by atoms with Crippen LogP contribution in [-0.4, -0.2) is 28.6 Å². The molecule has 0 spiro atoms. The number of primary amides is 1. The second-order valence-electron chi connectivity index (χ2n) is 7.69. The van der Waals surface area contributed by atoms with Crippen molar-refractivity contribution in [3.05, 3.63) is 45.6 Å². The second kappa shape index (κ2) is 9.45. The number of carbonyl (C=O) groups excluding carboxylic acids is 2. The maximum absolute atomic E-state index is 13.3. The van der Waals surface area contributed by atoms with Gasteiger partial charge in [-0.2, -0.15) is 0 Å². The van der Waals surface area contributed by atoms with Gasteiger partial charge in [-0.05, 0) is 72.2 Å². The van der Waals surface area contributed by atoms with Crippen LogP contribution < -0.4 is 5.32 Å². The molecule has 8 heteroatoms. The van der Waals surface area contributed by atoms with Gasteiger partial charge in [0.05, 0.1) is 17.5 Å². The molecule has 156 valence electrons. The maximum atomic E-state index is 13.3. The van der Waals surface area contributed by atoms with E-state index in [1.54, 1.807) is 11.4 Å². The molecule has 29 heavy (non-hydrogen) atoms. The van der Waals surface area contributed by atoms with Crippen LogP contribution in [0.5, 0.6) is 0 Å². The number of hydrogen-bond acceptors (Lipinski definition) is 4. The fourth-order valence-electron chi connectivity index (χ4n) is 4.13. The summed E-state index contributed by atoms with van der Waals surface area (Å²) < 4.78 is 5.44. The summed E-state index contributed by atoms with van der Waals surface area (Å²) in [5.41, 5.74) is 2.26. The molecule has 0 aromatic heterocycles. The topological polar surface area (TPSA) is 83.8 Å². The zero-order valence-electron chi connectivity index (χ0n) is 16.2. The summed E-state index contributed by atoms with van der Waals surface area (Å²) in [5.74, 6) is 0.222. The molecule has 3 rings (SSSR count). The van der Waals surface area contributed by atoms with Crippen molar-refractivity contribution in [2.75, 3.05) is 13.0 Å². The van der Waals surface area contributed by atoms with Crippen molar-refractivity contribution in [1.29, 1.82) is 5.41 Å². The lowest BCUT2D eigenvalue weighted by atomic mass is 9.71. The van der Waals surface area contributed by atoms with Crippen LogP contribution in [0.3, 0.4) is 0 Å². The van der Waals surface area contributed by atoms with Gasteiger partial charge in [-0.15, -0.1) is 11.6 Å². The summed E-state index contributed by atoms with van der Waals surface area (Å²) in [7, 11) is 1.37. The van der Waals surface area contributed by atoms with E-state index in [1.807, 2.05) is 34.7 Å². The van der Waals surface area contributed by atoms with Gasteiger partial charge < -0.3 is 4.74 Å². The summed E-state index contributed by atoms with van der Waals surface area (Å²) >= 11 is 14.4. The average Bonchev–Trinajstić information content (AvgIpc) is 3.52. The Hall–Kier alpha value is -0.960. The van der Waals surface area contributed by atoms with Gasteiger partial charge in [-0.3, -0.25) is 10.2 Å². The van der Waals surface area contributed by atoms with Crippen LogP contribution in [0.15, 0.2) is 29.5 Å². The molecular formula is C21H24Cl2IN2O3+. The van der Waals surface area contributed by atoms with Gasteiger partial charge >= 0.3 is 11.9 Å². The number of methoxy groups -OCH3 is 1. The van der Waals surface area contributed by atoms with Crippen molar-refractivity contribution in [2.45, 2.75) is 44.4 Å². The normalized spacial score (nSPS) is 21.8. The first-order valence-corrected chi connectivity index (χ1v) is 11.6. The number of nitrogens with one attached hydrogen (secondary N) is 1. The molecule has 0 saturated heterocycles. The van der Waals surface area contributed by atoms with E-state index in [1.165, 1.54) is 7.11 Å². The second-order valence-corrected chi connectivity index (χ2v) is 9.56. The number of quaternary nitrogens is 1. The molecule has 0 radical (unpaired) electrons. The molecule has 1 unspecified atom stereocenters.